The van der Waals surface area contributed by atoms with E-state index in [4.69, 9.17) is 0 Å². The largest absolute Gasteiger partial charge is 0.508 e. The van der Waals surface area contributed by atoms with Crippen LogP contribution >= 0.6 is 0 Å². The maximum absolute atomic E-state index is 12.8. The Bertz CT molecular complexity index is 1190. The van der Waals surface area contributed by atoms with Gasteiger partial charge in [-0.1, -0.05) is 50.7 Å². The third-order valence-electron chi connectivity index (χ3n) is 8.85. The van der Waals surface area contributed by atoms with Crippen LogP contribution in [0.2, 0.25) is 0 Å². The van der Waals surface area contributed by atoms with E-state index in [0.717, 1.165) is 73.6 Å². The molecule has 0 saturated heterocycles. The summed E-state index contributed by atoms with van der Waals surface area (Å²) >= 11 is 0. The first-order valence-corrected chi connectivity index (χ1v) is 14.0. The Morgan fingerprint density at radius 2 is 1.05 bits per heavy atom. The fourth-order valence-corrected chi connectivity index (χ4v) is 6.71. The van der Waals surface area contributed by atoms with Crippen LogP contribution < -0.4 is 0 Å². The second-order valence-corrected chi connectivity index (χ2v) is 11.4. The SMILES string of the molecule is Cc1cc(C(O)(c2cccc(O)c2)c2cc(C)c(O)c(C3CCCCC3)c2)cc(C2CCCCC2)c1O. The molecule has 196 valence electrons. The molecule has 3 aromatic carbocycles. The molecule has 0 unspecified atom stereocenters. The molecule has 0 bridgehead atoms. The van der Waals surface area contributed by atoms with Crippen LogP contribution in [0.1, 0.15) is 115 Å². The van der Waals surface area contributed by atoms with Crippen molar-refractivity contribution in [2.75, 3.05) is 0 Å². The number of phenols is 3. The van der Waals surface area contributed by atoms with Crippen molar-refractivity contribution >= 4 is 0 Å². The molecule has 2 fully saturated rings. The molecule has 0 aromatic heterocycles. The molecule has 0 heterocycles. The average Bonchev–Trinajstić information content (AvgIpc) is 2.92. The molecule has 37 heavy (non-hydrogen) atoms. The van der Waals surface area contributed by atoms with Gasteiger partial charge in [-0.15, -0.1) is 0 Å². The highest BCUT2D eigenvalue weighted by atomic mass is 16.3. The molecular formula is C33H40O4. The summed E-state index contributed by atoms with van der Waals surface area (Å²) in [4.78, 5) is 0. The number of rotatable bonds is 5. The van der Waals surface area contributed by atoms with Gasteiger partial charge < -0.3 is 20.4 Å². The van der Waals surface area contributed by atoms with Gasteiger partial charge in [-0.25, -0.2) is 0 Å². The zero-order valence-corrected chi connectivity index (χ0v) is 22.1. The van der Waals surface area contributed by atoms with Crippen LogP contribution in [-0.2, 0) is 5.60 Å². The predicted molar refractivity (Wildman–Crippen MR) is 148 cm³/mol. The van der Waals surface area contributed by atoms with E-state index < -0.39 is 5.60 Å². The monoisotopic (exact) mass is 500 g/mol. The van der Waals surface area contributed by atoms with Crippen LogP contribution in [0.25, 0.3) is 0 Å². The van der Waals surface area contributed by atoms with E-state index in [9.17, 15) is 20.4 Å². The lowest BCUT2D eigenvalue weighted by molar-refractivity contribution is 0.125. The minimum Gasteiger partial charge on any atom is -0.508 e. The molecule has 4 heteroatoms. The third-order valence-corrected chi connectivity index (χ3v) is 8.85. The van der Waals surface area contributed by atoms with Crippen LogP contribution in [0.4, 0.5) is 0 Å². The molecular weight excluding hydrogens is 460 g/mol. The standard InChI is InChI=1S/C33H40O4/c1-21-16-26(19-29(31(21)35)23-10-5-3-6-11-23)33(37,25-14-9-15-28(34)18-25)27-17-22(2)32(36)30(20-27)24-12-7-4-8-13-24/h9,14-20,23-24,34-37H,3-8,10-13H2,1-2H3. The topological polar surface area (TPSA) is 80.9 Å². The van der Waals surface area contributed by atoms with Crippen LogP contribution in [0, 0.1) is 13.8 Å². The maximum Gasteiger partial charge on any atom is 0.140 e. The molecule has 4 nitrogen and oxygen atoms in total. The van der Waals surface area contributed by atoms with E-state index in [1.807, 2.05) is 44.2 Å². The Hall–Kier alpha value is -2.98. The van der Waals surface area contributed by atoms with Gasteiger partial charge in [0.05, 0.1) is 0 Å². The minimum atomic E-state index is -1.57. The summed E-state index contributed by atoms with van der Waals surface area (Å²) in [6.07, 6.45) is 11.2. The lowest BCUT2D eigenvalue weighted by Crippen LogP contribution is -2.30. The molecule has 0 spiro atoms. The van der Waals surface area contributed by atoms with E-state index in [1.54, 1.807) is 18.2 Å². The molecule has 0 radical (unpaired) electrons. The van der Waals surface area contributed by atoms with Gasteiger partial charge in [0.25, 0.3) is 0 Å². The van der Waals surface area contributed by atoms with Gasteiger partial charge in [0.2, 0.25) is 0 Å². The number of benzene rings is 3. The van der Waals surface area contributed by atoms with Gasteiger partial charge in [-0.2, -0.15) is 0 Å². The maximum atomic E-state index is 12.8. The van der Waals surface area contributed by atoms with Gasteiger partial charge >= 0.3 is 0 Å². The van der Waals surface area contributed by atoms with E-state index in [2.05, 4.69) is 0 Å². The zero-order chi connectivity index (χ0) is 26.2. The molecule has 0 amide bonds. The lowest BCUT2D eigenvalue weighted by Gasteiger charge is -2.34. The van der Waals surface area contributed by atoms with Crippen molar-refractivity contribution < 1.29 is 20.4 Å². The first kappa shape index (κ1) is 25.7. The van der Waals surface area contributed by atoms with Gasteiger partial charge in [-0.3, -0.25) is 0 Å². The summed E-state index contributed by atoms with van der Waals surface area (Å²) in [5.41, 5.74) is 3.61. The van der Waals surface area contributed by atoms with Gasteiger partial charge in [0.1, 0.15) is 22.8 Å². The van der Waals surface area contributed by atoms with Crippen molar-refractivity contribution in [2.45, 2.75) is 95.5 Å². The second kappa shape index (κ2) is 10.4. The zero-order valence-electron chi connectivity index (χ0n) is 22.1. The highest BCUT2D eigenvalue weighted by Gasteiger charge is 2.37. The molecule has 0 atom stereocenters. The third kappa shape index (κ3) is 4.84. The summed E-state index contributed by atoms with van der Waals surface area (Å²) in [5, 5.41) is 45.3. The van der Waals surface area contributed by atoms with Crippen LogP contribution in [0.3, 0.4) is 0 Å². The molecule has 2 aliphatic carbocycles. The average molecular weight is 501 g/mol. The van der Waals surface area contributed by atoms with Crippen LogP contribution in [0.15, 0.2) is 48.5 Å². The van der Waals surface area contributed by atoms with Crippen molar-refractivity contribution in [3.05, 3.63) is 87.5 Å². The van der Waals surface area contributed by atoms with E-state index in [0.29, 0.717) is 28.2 Å². The van der Waals surface area contributed by atoms with Crippen LogP contribution in [0.5, 0.6) is 17.2 Å². The number of aliphatic hydroxyl groups is 1. The van der Waals surface area contributed by atoms with Crippen molar-refractivity contribution in [1.29, 1.82) is 0 Å². The fraction of sp³-hybridized carbons (Fsp3) is 0.455. The highest BCUT2D eigenvalue weighted by Crippen LogP contribution is 2.47. The Kier molecular flexibility index (Phi) is 7.22. The molecule has 5 rings (SSSR count). The number of aromatic hydroxyl groups is 3. The molecule has 2 saturated carbocycles. The number of hydrogen-bond acceptors (Lipinski definition) is 4. The van der Waals surface area contributed by atoms with Crippen molar-refractivity contribution in [1.82, 2.24) is 0 Å². The molecule has 0 aliphatic heterocycles. The van der Waals surface area contributed by atoms with Crippen molar-refractivity contribution in [3.63, 3.8) is 0 Å². The van der Waals surface area contributed by atoms with E-state index in [-0.39, 0.29) is 17.6 Å². The number of phenolic OH excluding ortho intramolecular Hbond substituents is 3. The fourth-order valence-electron chi connectivity index (χ4n) is 6.71. The molecule has 4 N–H and O–H groups in total. The Morgan fingerprint density at radius 3 is 1.49 bits per heavy atom. The predicted octanol–water partition coefficient (Wildman–Crippen LogP) is 7.80. The Labute approximate surface area is 220 Å². The van der Waals surface area contributed by atoms with Crippen molar-refractivity contribution in [2.24, 2.45) is 0 Å². The van der Waals surface area contributed by atoms with E-state index >= 15 is 0 Å². The van der Waals surface area contributed by atoms with Crippen LogP contribution in [-0.4, -0.2) is 20.4 Å². The second-order valence-electron chi connectivity index (χ2n) is 11.4. The van der Waals surface area contributed by atoms with E-state index in [1.165, 1.54) is 12.8 Å². The summed E-state index contributed by atoms with van der Waals surface area (Å²) in [6.45, 7) is 3.78. The first-order chi connectivity index (χ1) is 17.8. The number of aryl methyl sites for hydroxylation is 2. The first-order valence-electron chi connectivity index (χ1n) is 14.0. The quantitative estimate of drug-likeness (QED) is 0.269. The molecule has 3 aromatic rings. The van der Waals surface area contributed by atoms with Gasteiger partial charge in [-0.05, 0) is 127 Å². The minimum absolute atomic E-state index is 0.0851. The summed E-state index contributed by atoms with van der Waals surface area (Å²) in [6, 6.07) is 14.5. The normalized spacial score (nSPS) is 17.7. The van der Waals surface area contributed by atoms with Crippen molar-refractivity contribution in [3.8, 4) is 17.2 Å². The van der Waals surface area contributed by atoms with Gasteiger partial charge in [0.15, 0.2) is 0 Å². The summed E-state index contributed by atoms with van der Waals surface area (Å²) in [7, 11) is 0. The molecule has 2 aliphatic rings. The summed E-state index contributed by atoms with van der Waals surface area (Å²) in [5.74, 6) is 1.25. The Morgan fingerprint density at radius 1 is 0.595 bits per heavy atom. The lowest BCUT2D eigenvalue weighted by atomic mass is 9.74. The highest BCUT2D eigenvalue weighted by molar-refractivity contribution is 5.57. The Balaban J connectivity index is 1.73. The van der Waals surface area contributed by atoms with Gasteiger partial charge in [0, 0.05) is 0 Å². The summed E-state index contributed by atoms with van der Waals surface area (Å²) < 4.78 is 0. The number of hydrogen-bond donors (Lipinski definition) is 4. The smallest absolute Gasteiger partial charge is 0.140 e.